The van der Waals surface area contributed by atoms with E-state index in [1.807, 2.05) is 20.8 Å². The first-order valence-electron chi connectivity index (χ1n) is 5.49. The zero-order valence-corrected chi connectivity index (χ0v) is 10.9. The highest BCUT2D eigenvalue weighted by Crippen LogP contribution is 2.35. The van der Waals surface area contributed by atoms with Gasteiger partial charge in [0.15, 0.2) is 9.84 Å². The van der Waals surface area contributed by atoms with E-state index in [4.69, 9.17) is 0 Å². The van der Waals surface area contributed by atoms with Gasteiger partial charge in [-0.05, 0) is 17.5 Å². The molecule has 0 radical (unpaired) electrons. The summed E-state index contributed by atoms with van der Waals surface area (Å²) in [5, 5.41) is 3.01. The van der Waals surface area contributed by atoms with Gasteiger partial charge in [-0.2, -0.15) is 0 Å². The Morgan fingerprint density at radius 2 is 2.00 bits per heavy atom. The lowest BCUT2D eigenvalue weighted by atomic mass is 9.87. The van der Waals surface area contributed by atoms with Gasteiger partial charge in [0.25, 0.3) is 0 Å². The van der Waals surface area contributed by atoms with Gasteiger partial charge in [0.05, 0.1) is 16.3 Å². The van der Waals surface area contributed by atoms with E-state index in [2.05, 4.69) is 5.32 Å². The van der Waals surface area contributed by atoms with Gasteiger partial charge in [0.1, 0.15) is 5.82 Å². The molecule has 17 heavy (non-hydrogen) atoms. The maximum Gasteiger partial charge on any atom is 0.182 e. The fourth-order valence-corrected chi connectivity index (χ4v) is 3.85. The molecule has 1 aromatic rings. The summed E-state index contributed by atoms with van der Waals surface area (Å²) in [7, 11) is -3.40. The third kappa shape index (κ3) is 2.16. The zero-order valence-electron chi connectivity index (χ0n) is 10.1. The molecule has 0 saturated carbocycles. The number of hydrogen-bond donors (Lipinski definition) is 1. The predicted octanol–water partition coefficient (Wildman–Crippen LogP) is 2.44. The van der Waals surface area contributed by atoms with Crippen molar-refractivity contribution >= 4 is 15.5 Å². The maximum atomic E-state index is 13.6. The topological polar surface area (TPSA) is 46.2 Å². The van der Waals surface area contributed by atoms with Gasteiger partial charge in [-0.25, -0.2) is 12.8 Å². The van der Waals surface area contributed by atoms with Crippen LogP contribution in [0.1, 0.15) is 20.8 Å². The van der Waals surface area contributed by atoms with E-state index in [9.17, 15) is 12.8 Å². The Morgan fingerprint density at radius 3 is 2.59 bits per heavy atom. The predicted molar refractivity (Wildman–Crippen MR) is 65.3 cm³/mol. The Hall–Kier alpha value is -1.10. The molecule has 0 aromatic heterocycles. The van der Waals surface area contributed by atoms with Crippen molar-refractivity contribution in [2.24, 2.45) is 5.41 Å². The van der Waals surface area contributed by atoms with Crippen LogP contribution in [0.5, 0.6) is 0 Å². The van der Waals surface area contributed by atoms with Crippen molar-refractivity contribution in [3.8, 4) is 0 Å². The van der Waals surface area contributed by atoms with Crippen molar-refractivity contribution in [1.82, 2.24) is 0 Å². The molecule has 1 heterocycles. The van der Waals surface area contributed by atoms with E-state index in [1.165, 1.54) is 18.2 Å². The van der Waals surface area contributed by atoms with E-state index >= 15 is 0 Å². The van der Waals surface area contributed by atoms with Crippen LogP contribution in [0.25, 0.3) is 0 Å². The normalized spacial score (nSPS) is 22.7. The summed E-state index contributed by atoms with van der Waals surface area (Å²) in [6, 6.07) is 3.86. The lowest BCUT2D eigenvalue weighted by Crippen LogP contribution is -2.43. The minimum Gasteiger partial charge on any atom is -0.377 e. The average molecular weight is 257 g/mol. The molecule has 1 N–H and O–H groups in total. The van der Waals surface area contributed by atoms with Crippen LogP contribution < -0.4 is 5.32 Å². The Morgan fingerprint density at radius 1 is 1.35 bits per heavy atom. The minimum absolute atomic E-state index is 0.00690. The summed E-state index contributed by atoms with van der Waals surface area (Å²) in [5.41, 5.74) is -0.133. The Kier molecular flexibility index (Phi) is 2.69. The largest absolute Gasteiger partial charge is 0.377 e. The molecular weight excluding hydrogens is 241 g/mol. The SMILES string of the molecule is CC(C)(C)C1CS(=O)(=O)c2cccc(F)c2N1. The standard InChI is InChI=1S/C12H16FNO2S/c1-12(2,3)10-7-17(15,16)9-6-4-5-8(13)11(9)14-10/h4-6,10,14H,7H2,1-3H3. The van der Waals surface area contributed by atoms with E-state index in [0.29, 0.717) is 0 Å². The van der Waals surface area contributed by atoms with Crippen LogP contribution in [0.3, 0.4) is 0 Å². The number of anilines is 1. The quantitative estimate of drug-likeness (QED) is 0.776. The molecule has 0 amide bonds. The summed E-state index contributed by atoms with van der Waals surface area (Å²) < 4.78 is 37.8. The summed E-state index contributed by atoms with van der Waals surface area (Å²) in [4.78, 5) is 0.0676. The van der Waals surface area contributed by atoms with Gasteiger partial charge in [0.2, 0.25) is 0 Å². The molecule has 5 heteroatoms. The lowest BCUT2D eigenvalue weighted by Gasteiger charge is -2.36. The van der Waals surface area contributed by atoms with E-state index in [-0.39, 0.29) is 27.8 Å². The molecule has 1 atom stereocenters. The van der Waals surface area contributed by atoms with Gasteiger partial charge in [-0.15, -0.1) is 0 Å². The molecule has 3 nitrogen and oxygen atoms in total. The van der Waals surface area contributed by atoms with Crippen molar-refractivity contribution in [2.75, 3.05) is 11.1 Å². The Labute approximate surface area is 101 Å². The molecular formula is C12H16FNO2S. The average Bonchev–Trinajstić information content (AvgIpc) is 2.17. The van der Waals surface area contributed by atoms with Crippen LogP contribution in [0.4, 0.5) is 10.1 Å². The molecule has 0 saturated heterocycles. The number of fused-ring (bicyclic) bond motifs is 1. The summed E-state index contributed by atoms with van der Waals surface area (Å²) in [6.07, 6.45) is 0. The third-order valence-electron chi connectivity index (χ3n) is 3.06. The molecule has 0 spiro atoms. The van der Waals surface area contributed by atoms with Crippen LogP contribution >= 0.6 is 0 Å². The van der Waals surface area contributed by atoms with Crippen molar-refractivity contribution in [2.45, 2.75) is 31.7 Å². The summed E-state index contributed by atoms with van der Waals surface area (Å²) in [5.74, 6) is -0.507. The van der Waals surface area contributed by atoms with Crippen LogP contribution in [-0.2, 0) is 9.84 Å². The van der Waals surface area contributed by atoms with E-state index in [0.717, 1.165) is 0 Å². The molecule has 1 unspecified atom stereocenters. The fraction of sp³-hybridized carbons (Fsp3) is 0.500. The fourth-order valence-electron chi connectivity index (χ4n) is 1.90. The molecule has 94 valence electrons. The first kappa shape index (κ1) is 12.4. The molecule has 2 rings (SSSR count). The van der Waals surface area contributed by atoms with Crippen LogP contribution in [0.2, 0.25) is 0 Å². The number of sulfone groups is 1. The van der Waals surface area contributed by atoms with E-state index in [1.54, 1.807) is 0 Å². The smallest absolute Gasteiger partial charge is 0.182 e. The molecule has 0 fully saturated rings. The number of rotatable bonds is 0. The van der Waals surface area contributed by atoms with Gasteiger partial charge in [-0.1, -0.05) is 26.8 Å². The highest BCUT2D eigenvalue weighted by atomic mass is 32.2. The van der Waals surface area contributed by atoms with Crippen molar-refractivity contribution in [3.05, 3.63) is 24.0 Å². The highest BCUT2D eigenvalue weighted by molar-refractivity contribution is 7.91. The second-order valence-corrected chi connectivity index (χ2v) is 7.46. The molecule has 0 bridgehead atoms. The monoisotopic (exact) mass is 257 g/mol. The van der Waals surface area contributed by atoms with E-state index < -0.39 is 15.7 Å². The number of hydrogen-bond acceptors (Lipinski definition) is 3. The third-order valence-corrected chi connectivity index (χ3v) is 4.84. The molecule has 1 aliphatic rings. The van der Waals surface area contributed by atoms with Crippen LogP contribution in [-0.4, -0.2) is 20.2 Å². The van der Waals surface area contributed by atoms with Crippen LogP contribution in [0, 0.1) is 11.2 Å². The lowest BCUT2D eigenvalue weighted by molar-refractivity contribution is 0.355. The first-order chi connectivity index (χ1) is 7.72. The number of nitrogens with one attached hydrogen (secondary N) is 1. The molecule has 1 aromatic carbocycles. The van der Waals surface area contributed by atoms with Gasteiger partial charge in [-0.3, -0.25) is 0 Å². The molecule has 1 aliphatic heterocycles. The Balaban J connectivity index is 2.57. The van der Waals surface area contributed by atoms with Gasteiger partial charge in [0, 0.05) is 6.04 Å². The maximum absolute atomic E-state index is 13.6. The van der Waals surface area contributed by atoms with Crippen molar-refractivity contribution < 1.29 is 12.8 Å². The number of benzene rings is 1. The molecule has 0 aliphatic carbocycles. The number of para-hydroxylation sites is 1. The minimum atomic E-state index is -3.40. The van der Waals surface area contributed by atoms with Crippen molar-refractivity contribution in [1.29, 1.82) is 0 Å². The highest BCUT2D eigenvalue weighted by Gasteiger charge is 2.37. The Bertz CT molecular complexity index is 546. The summed E-state index contributed by atoms with van der Waals surface area (Å²) >= 11 is 0. The number of halogens is 1. The second kappa shape index (κ2) is 3.70. The van der Waals surface area contributed by atoms with Crippen LogP contribution in [0.15, 0.2) is 23.1 Å². The summed E-state index contributed by atoms with van der Waals surface area (Å²) in [6.45, 7) is 5.81. The van der Waals surface area contributed by atoms with Gasteiger partial charge < -0.3 is 5.32 Å². The first-order valence-corrected chi connectivity index (χ1v) is 7.15. The second-order valence-electron chi connectivity index (χ2n) is 5.46. The van der Waals surface area contributed by atoms with Gasteiger partial charge >= 0.3 is 0 Å². The zero-order chi connectivity index (χ0) is 12.8. The van der Waals surface area contributed by atoms with Crippen molar-refractivity contribution in [3.63, 3.8) is 0 Å².